The summed E-state index contributed by atoms with van der Waals surface area (Å²) >= 11 is 0. The highest BCUT2D eigenvalue weighted by molar-refractivity contribution is 5.95. The van der Waals surface area contributed by atoms with Crippen LogP contribution in [0.3, 0.4) is 0 Å². The largest absolute Gasteiger partial charge is 0.393 e. The van der Waals surface area contributed by atoms with Gasteiger partial charge in [-0.05, 0) is 12.1 Å². The normalized spacial score (nSPS) is 10.2. The zero-order valence-corrected chi connectivity index (χ0v) is 12.5. The van der Waals surface area contributed by atoms with Gasteiger partial charge in [0, 0.05) is 13.7 Å². The van der Waals surface area contributed by atoms with Crippen LogP contribution >= 0.6 is 0 Å². The van der Waals surface area contributed by atoms with Crippen molar-refractivity contribution in [3.8, 4) is 0 Å². The van der Waals surface area contributed by atoms with Crippen molar-refractivity contribution in [2.45, 2.75) is 0 Å². The highest BCUT2D eigenvalue weighted by Gasteiger charge is 2.12. The maximum Gasteiger partial charge on any atom is 0.272 e. The number of carbonyl (C=O) groups is 1. The van der Waals surface area contributed by atoms with Gasteiger partial charge in [0.05, 0.1) is 12.2 Å². The molecule has 1 heterocycles. The maximum atomic E-state index is 13.5. The summed E-state index contributed by atoms with van der Waals surface area (Å²) in [6.45, 7) is 0.995. The minimum Gasteiger partial charge on any atom is -0.393 e. The number of nitrogen functional groups attached to an aromatic ring is 1. The summed E-state index contributed by atoms with van der Waals surface area (Å²) in [7, 11) is 1.58. The number of carbonyl (C=O) groups excluding carboxylic acids is 1. The molecule has 0 atom stereocenters. The lowest BCUT2D eigenvalue weighted by Crippen LogP contribution is -2.31. The molecule has 0 fully saturated rings. The van der Waals surface area contributed by atoms with Crippen molar-refractivity contribution in [3.63, 3.8) is 0 Å². The van der Waals surface area contributed by atoms with E-state index in [1.165, 1.54) is 24.5 Å². The second-order valence-electron chi connectivity index (χ2n) is 4.46. The number of amides is 1. The topological polar surface area (TPSA) is 114 Å². The maximum absolute atomic E-state index is 13.5. The van der Waals surface area contributed by atoms with Crippen molar-refractivity contribution in [2.24, 2.45) is 0 Å². The number of aromatic nitrogens is 2. The zero-order chi connectivity index (χ0) is 16.7. The Kier molecular flexibility index (Phi) is 5.64. The fourth-order valence-electron chi connectivity index (χ4n) is 1.74. The van der Waals surface area contributed by atoms with Crippen LogP contribution in [0, 0.1) is 5.82 Å². The second kappa shape index (κ2) is 7.90. The van der Waals surface area contributed by atoms with Gasteiger partial charge in [-0.2, -0.15) is 0 Å². The van der Waals surface area contributed by atoms with Crippen LogP contribution in [0.1, 0.15) is 10.4 Å². The molecule has 122 valence electrons. The molecule has 23 heavy (non-hydrogen) atoms. The third-order valence-corrected chi connectivity index (χ3v) is 2.90. The number of hydrogen-bond acceptors (Lipinski definition) is 7. The van der Waals surface area contributed by atoms with Crippen LogP contribution in [-0.4, -0.2) is 36.1 Å². The molecule has 9 heteroatoms. The van der Waals surface area contributed by atoms with Crippen molar-refractivity contribution in [3.05, 3.63) is 42.0 Å². The van der Waals surface area contributed by atoms with E-state index in [0.29, 0.717) is 19.0 Å². The molecule has 1 aromatic carbocycles. The monoisotopic (exact) mass is 320 g/mol. The van der Waals surface area contributed by atoms with Gasteiger partial charge in [-0.1, -0.05) is 12.1 Å². The van der Waals surface area contributed by atoms with Crippen LogP contribution in [0.5, 0.6) is 0 Å². The third-order valence-electron chi connectivity index (χ3n) is 2.90. The Morgan fingerprint density at radius 1 is 1.30 bits per heavy atom. The van der Waals surface area contributed by atoms with Crippen molar-refractivity contribution in [1.29, 1.82) is 0 Å². The second-order valence-corrected chi connectivity index (χ2v) is 4.46. The number of nitrogens with zero attached hydrogens (tertiary/aromatic N) is 2. The zero-order valence-electron chi connectivity index (χ0n) is 12.5. The molecule has 5 N–H and O–H groups in total. The molecule has 1 amide bonds. The highest BCUT2D eigenvalue weighted by atomic mass is 19.1. The smallest absolute Gasteiger partial charge is 0.272 e. The van der Waals surface area contributed by atoms with Crippen molar-refractivity contribution >= 4 is 23.2 Å². The highest BCUT2D eigenvalue weighted by Crippen LogP contribution is 2.21. The van der Waals surface area contributed by atoms with E-state index < -0.39 is 11.7 Å². The average molecular weight is 320 g/mol. The molecule has 0 bridgehead atoms. The van der Waals surface area contributed by atoms with Crippen molar-refractivity contribution < 1.29 is 13.9 Å². The molecule has 0 aliphatic carbocycles. The van der Waals surface area contributed by atoms with E-state index in [0.717, 1.165) is 0 Å². The van der Waals surface area contributed by atoms with E-state index in [-0.39, 0.29) is 17.1 Å². The number of nitrogens with two attached hydrogens (primary N) is 1. The number of benzene rings is 1. The van der Waals surface area contributed by atoms with Crippen LogP contribution in [0.2, 0.25) is 0 Å². The van der Waals surface area contributed by atoms with Gasteiger partial charge in [-0.15, -0.1) is 0 Å². The first-order chi connectivity index (χ1) is 11.1. The third kappa shape index (κ3) is 4.27. The number of halogens is 1. The number of anilines is 3. The lowest BCUT2D eigenvalue weighted by Gasteiger charge is -2.13. The van der Waals surface area contributed by atoms with Gasteiger partial charge in [-0.25, -0.2) is 14.4 Å². The number of ether oxygens (including phenoxy) is 1. The molecule has 1 aromatic heterocycles. The summed E-state index contributed by atoms with van der Waals surface area (Å²) in [4.78, 5) is 19.8. The molecule has 2 rings (SSSR count). The van der Waals surface area contributed by atoms with E-state index in [1.807, 2.05) is 0 Å². The molecule has 0 unspecified atom stereocenters. The molecule has 0 spiro atoms. The Balaban J connectivity index is 2.02. The fourth-order valence-corrected chi connectivity index (χ4v) is 1.74. The molecule has 0 radical (unpaired) electrons. The standard InChI is InChI=1S/C14H17FN6O2/c1-23-7-6-17-12-11(16)13(19-8-18-12)20-21-14(22)9-4-2-3-5-10(9)15/h2-5,8H,6-7,16H2,1H3,(H,21,22)(H2,17,18,19,20). The van der Waals surface area contributed by atoms with Gasteiger partial charge in [0.2, 0.25) is 0 Å². The van der Waals surface area contributed by atoms with Crippen LogP contribution in [0.25, 0.3) is 0 Å². The van der Waals surface area contributed by atoms with Gasteiger partial charge in [-0.3, -0.25) is 15.6 Å². The molecular formula is C14H17FN6O2. The van der Waals surface area contributed by atoms with Gasteiger partial charge in [0.15, 0.2) is 11.6 Å². The quantitative estimate of drug-likeness (QED) is 0.445. The van der Waals surface area contributed by atoms with Crippen molar-refractivity contribution in [1.82, 2.24) is 15.4 Å². The summed E-state index contributed by atoms with van der Waals surface area (Å²) in [5, 5.41) is 2.97. The van der Waals surface area contributed by atoms with Gasteiger partial charge < -0.3 is 15.8 Å². The Hall–Kier alpha value is -2.94. The van der Waals surface area contributed by atoms with Crippen molar-refractivity contribution in [2.75, 3.05) is 36.7 Å². The van der Waals surface area contributed by atoms with Gasteiger partial charge in [0.1, 0.15) is 17.8 Å². The lowest BCUT2D eigenvalue weighted by atomic mass is 10.2. The first-order valence-electron chi connectivity index (χ1n) is 6.77. The first-order valence-corrected chi connectivity index (χ1v) is 6.77. The van der Waals surface area contributed by atoms with E-state index in [2.05, 4.69) is 26.1 Å². The summed E-state index contributed by atoms with van der Waals surface area (Å²) in [6, 6.07) is 5.63. The summed E-state index contributed by atoms with van der Waals surface area (Å²) < 4.78 is 18.4. The number of hydrogen-bond donors (Lipinski definition) is 4. The van der Waals surface area contributed by atoms with Crippen LogP contribution in [0.15, 0.2) is 30.6 Å². The van der Waals surface area contributed by atoms with E-state index in [1.54, 1.807) is 13.2 Å². The van der Waals surface area contributed by atoms with E-state index >= 15 is 0 Å². The fraction of sp³-hybridized carbons (Fsp3) is 0.214. The average Bonchev–Trinajstić information content (AvgIpc) is 2.55. The Morgan fingerprint density at radius 3 is 2.78 bits per heavy atom. The van der Waals surface area contributed by atoms with Crippen LogP contribution in [0.4, 0.5) is 21.7 Å². The predicted molar refractivity (Wildman–Crippen MR) is 84.3 cm³/mol. The molecule has 0 aliphatic heterocycles. The molecule has 0 saturated carbocycles. The molecule has 0 aliphatic rings. The summed E-state index contributed by atoms with van der Waals surface area (Å²) in [5.41, 5.74) is 10.9. The van der Waals surface area contributed by atoms with Gasteiger partial charge in [0.25, 0.3) is 5.91 Å². The first kappa shape index (κ1) is 16.4. The van der Waals surface area contributed by atoms with Gasteiger partial charge >= 0.3 is 0 Å². The Labute approximate surface area is 132 Å². The minimum atomic E-state index is -0.644. The summed E-state index contributed by atoms with van der Waals surface area (Å²) in [5.74, 6) is -0.663. The van der Waals surface area contributed by atoms with E-state index in [4.69, 9.17) is 10.5 Å². The molecule has 2 aromatic rings. The Morgan fingerprint density at radius 2 is 2.04 bits per heavy atom. The number of rotatable bonds is 7. The Bertz CT molecular complexity index is 682. The predicted octanol–water partition coefficient (Wildman–Crippen LogP) is 1.01. The molecular weight excluding hydrogens is 303 g/mol. The lowest BCUT2D eigenvalue weighted by molar-refractivity contribution is 0.0958. The molecule has 0 saturated heterocycles. The van der Waals surface area contributed by atoms with E-state index in [9.17, 15) is 9.18 Å². The summed E-state index contributed by atoms with van der Waals surface area (Å²) in [6.07, 6.45) is 1.28. The minimum absolute atomic E-state index is 0.0916. The molecule has 8 nitrogen and oxygen atoms in total. The van der Waals surface area contributed by atoms with Crippen LogP contribution < -0.4 is 21.9 Å². The number of nitrogens with one attached hydrogen (secondary N) is 3. The number of methoxy groups -OCH3 is 1. The SMILES string of the molecule is COCCNc1ncnc(NNC(=O)c2ccccc2F)c1N. The van der Waals surface area contributed by atoms with Crippen LogP contribution in [-0.2, 0) is 4.74 Å². The number of hydrazine groups is 1.